The van der Waals surface area contributed by atoms with Gasteiger partial charge in [-0.1, -0.05) is 30.3 Å². The molecule has 94 valence electrons. The second kappa shape index (κ2) is 5.28. The quantitative estimate of drug-likeness (QED) is 0.836. The van der Waals surface area contributed by atoms with Gasteiger partial charge in [-0.05, 0) is 17.5 Å². The van der Waals surface area contributed by atoms with Crippen molar-refractivity contribution < 1.29 is 4.55 Å². The maximum Gasteiger partial charge on any atom is 0.181 e. The average molecular weight is 260 g/mol. The molecule has 18 heavy (non-hydrogen) atoms. The predicted octanol–water partition coefficient (Wildman–Crippen LogP) is 1.77. The minimum atomic E-state index is -1.05. The van der Waals surface area contributed by atoms with E-state index in [9.17, 15) is 4.55 Å². The first-order chi connectivity index (χ1) is 8.86. The van der Waals surface area contributed by atoms with Crippen molar-refractivity contribution in [3.63, 3.8) is 0 Å². The van der Waals surface area contributed by atoms with E-state index >= 15 is 0 Å². The molecule has 0 saturated carbocycles. The molecule has 0 bridgehead atoms. The predicted molar refractivity (Wildman–Crippen MR) is 74.8 cm³/mol. The SMILES string of the molecule is [O-][S+](c1cccc2ccccc12)N1CCNCC1. The Balaban J connectivity index is 1.97. The van der Waals surface area contributed by atoms with Crippen molar-refractivity contribution in [3.05, 3.63) is 42.5 Å². The third kappa shape index (κ3) is 2.24. The summed E-state index contributed by atoms with van der Waals surface area (Å²) in [5, 5.41) is 5.53. The number of rotatable bonds is 2. The van der Waals surface area contributed by atoms with E-state index in [-0.39, 0.29) is 0 Å². The molecular formula is C14H16N2OS. The van der Waals surface area contributed by atoms with Crippen molar-refractivity contribution in [2.45, 2.75) is 4.90 Å². The maximum absolute atomic E-state index is 12.6. The molecule has 1 saturated heterocycles. The monoisotopic (exact) mass is 260 g/mol. The van der Waals surface area contributed by atoms with Crippen LogP contribution in [0.3, 0.4) is 0 Å². The van der Waals surface area contributed by atoms with Gasteiger partial charge in [0.15, 0.2) is 4.90 Å². The molecule has 0 radical (unpaired) electrons. The summed E-state index contributed by atoms with van der Waals surface area (Å²) in [6, 6.07) is 14.1. The zero-order chi connectivity index (χ0) is 12.4. The van der Waals surface area contributed by atoms with E-state index in [1.807, 2.05) is 34.6 Å². The molecule has 1 aliphatic rings. The first-order valence-electron chi connectivity index (χ1n) is 6.21. The van der Waals surface area contributed by atoms with Gasteiger partial charge >= 0.3 is 0 Å². The van der Waals surface area contributed by atoms with Crippen LogP contribution in [0.4, 0.5) is 0 Å². The van der Waals surface area contributed by atoms with E-state index in [4.69, 9.17) is 0 Å². The van der Waals surface area contributed by atoms with Gasteiger partial charge in [0, 0.05) is 18.5 Å². The van der Waals surface area contributed by atoms with E-state index in [0.29, 0.717) is 0 Å². The van der Waals surface area contributed by atoms with Crippen LogP contribution in [-0.4, -0.2) is 35.0 Å². The Morgan fingerprint density at radius 2 is 1.72 bits per heavy atom. The van der Waals surface area contributed by atoms with Gasteiger partial charge in [-0.25, -0.2) is 0 Å². The number of benzene rings is 2. The molecular weight excluding hydrogens is 244 g/mol. The van der Waals surface area contributed by atoms with Crippen LogP contribution in [-0.2, 0) is 11.4 Å². The fourth-order valence-corrected chi connectivity index (χ4v) is 3.66. The highest BCUT2D eigenvalue weighted by Crippen LogP contribution is 2.25. The minimum Gasteiger partial charge on any atom is -0.593 e. The lowest BCUT2D eigenvalue weighted by Gasteiger charge is -2.28. The van der Waals surface area contributed by atoms with Crippen molar-refractivity contribution in [1.82, 2.24) is 9.62 Å². The summed E-state index contributed by atoms with van der Waals surface area (Å²) in [6.45, 7) is 3.51. The standard InChI is InChI=1S/C14H16N2OS/c17-18(16-10-8-15-9-11-16)14-7-3-5-12-4-1-2-6-13(12)14/h1-7,15H,8-11H2. The highest BCUT2D eigenvalue weighted by molar-refractivity contribution is 7.89. The van der Waals surface area contributed by atoms with Crippen LogP contribution >= 0.6 is 0 Å². The van der Waals surface area contributed by atoms with Crippen LogP contribution in [0.25, 0.3) is 10.8 Å². The Kier molecular flexibility index (Phi) is 3.52. The lowest BCUT2D eigenvalue weighted by molar-refractivity contribution is 0.360. The maximum atomic E-state index is 12.6. The summed E-state index contributed by atoms with van der Waals surface area (Å²) in [6.07, 6.45) is 0. The molecule has 2 aromatic rings. The lowest BCUT2D eigenvalue weighted by Crippen LogP contribution is -2.46. The van der Waals surface area contributed by atoms with Crippen molar-refractivity contribution in [1.29, 1.82) is 0 Å². The Morgan fingerprint density at radius 1 is 1.00 bits per heavy atom. The normalized spacial score (nSPS) is 18.9. The Labute approximate surface area is 110 Å². The van der Waals surface area contributed by atoms with E-state index in [1.54, 1.807) is 0 Å². The first kappa shape index (κ1) is 12.0. The van der Waals surface area contributed by atoms with Gasteiger partial charge in [0.2, 0.25) is 0 Å². The summed E-state index contributed by atoms with van der Waals surface area (Å²) in [7, 11) is 0. The fraction of sp³-hybridized carbons (Fsp3) is 0.286. The van der Waals surface area contributed by atoms with Crippen LogP contribution in [0, 0.1) is 0 Å². The zero-order valence-corrected chi connectivity index (χ0v) is 11.0. The molecule has 1 N–H and O–H groups in total. The number of hydrogen-bond acceptors (Lipinski definition) is 3. The summed E-state index contributed by atoms with van der Waals surface area (Å²) < 4.78 is 14.7. The molecule has 3 nitrogen and oxygen atoms in total. The molecule has 1 atom stereocenters. The van der Waals surface area contributed by atoms with Crippen molar-refractivity contribution >= 4 is 22.1 Å². The van der Waals surface area contributed by atoms with Gasteiger partial charge in [-0.15, -0.1) is 4.31 Å². The minimum absolute atomic E-state index is 0.843. The van der Waals surface area contributed by atoms with Gasteiger partial charge in [-0.3, -0.25) is 0 Å². The highest BCUT2D eigenvalue weighted by Gasteiger charge is 2.25. The molecule has 0 aromatic heterocycles. The Morgan fingerprint density at radius 3 is 2.56 bits per heavy atom. The zero-order valence-electron chi connectivity index (χ0n) is 10.1. The van der Waals surface area contributed by atoms with Crippen molar-refractivity contribution in [3.8, 4) is 0 Å². The molecule has 1 fully saturated rings. The fourth-order valence-electron chi connectivity index (χ4n) is 2.30. The highest BCUT2D eigenvalue weighted by atomic mass is 32.2. The number of nitrogens with one attached hydrogen (secondary N) is 1. The summed E-state index contributed by atoms with van der Waals surface area (Å²) in [5.74, 6) is 0. The van der Waals surface area contributed by atoms with E-state index in [1.165, 1.54) is 0 Å². The van der Waals surface area contributed by atoms with Gasteiger partial charge in [0.1, 0.15) is 0 Å². The van der Waals surface area contributed by atoms with Gasteiger partial charge in [0.25, 0.3) is 0 Å². The summed E-state index contributed by atoms with van der Waals surface area (Å²) in [4.78, 5) is 0.926. The molecule has 1 heterocycles. The number of nitrogens with zero attached hydrogens (tertiary/aromatic N) is 1. The van der Waals surface area contributed by atoms with E-state index < -0.39 is 11.4 Å². The van der Waals surface area contributed by atoms with E-state index in [0.717, 1.165) is 41.8 Å². The number of hydrogen-bond donors (Lipinski definition) is 1. The molecule has 4 heteroatoms. The van der Waals surface area contributed by atoms with Crippen molar-refractivity contribution in [2.24, 2.45) is 0 Å². The summed E-state index contributed by atoms with van der Waals surface area (Å²) in [5.41, 5.74) is 0. The van der Waals surface area contributed by atoms with Gasteiger partial charge in [0.05, 0.1) is 24.5 Å². The lowest BCUT2D eigenvalue weighted by atomic mass is 10.1. The van der Waals surface area contributed by atoms with Gasteiger partial charge < -0.3 is 9.87 Å². The van der Waals surface area contributed by atoms with Crippen LogP contribution < -0.4 is 5.32 Å². The molecule has 1 unspecified atom stereocenters. The smallest absolute Gasteiger partial charge is 0.181 e. The van der Waals surface area contributed by atoms with E-state index in [2.05, 4.69) is 17.4 Å². The van der Waals surface area contributed by atoms with Crippen LogP contribution in [0.5, 0.6) is 0 Å². The van der Waals surface area contributed by atoms with Crippen LogP contribution in [0.15, 0.2) is 47.4 Å². The number of piperazine rings is 1. The third-order valence-corrected chi connectivity index (χ3v) is 4.81. The Hall–Kier alpha value is -1.07. The van der Waals surface area contributed by atoms with Crippen LogP contribution in [0.1, 0.15) is 0 Å². The second-order valence-corrected chi connectivity index (χ2v) is 5.86. The topological polar surface area (TPSA) is 38.3 Å². The number of fused-ring (bicyclic) bond motifs is 1. The second-order valence-electron chi connectivity index (χ2n) is 4.41. The van der Waals surface area contributed by atoms with Gasteiger partial charge in [-0.2, -0.15) is 0 Å². The van der Waals surface area contributed by atoms with Crippen LogP contribution in [0.2, 0.25) is 0 Å². The molecule has 0 amide bonds. The third-order valence-electron chi connectivity index (χ3n) is 3.25. The molecule has 2 aromatic carbocycles. The largest absolute Gasteiger partial charge is 0.593 e. The molecule has 0 spiro atoms. The molecule has 1 aliphatic heterocycles. The Bertz CT molecular complexity index is 535. The average Bonchev–Trinajstić information content (AvgIpc) is 2.47. The molecule has 3 rings (SSSR count). The van der Waals surface area contributed by atoms with Crippen molar-refractivity contribution in [2.75, 3.05) is 26.2 Å². The summed E-state index contributed by atoms with van der Waals surface area (Å²) >= 11 is -1.05. The first-order valence-corrected chi connectivity index (χ1v) is 7.32. The molecule has 0 aliphatic carbocycles.